The predicted octanol–water partition coefficient (Wildman–Crippen LogP) is 2.29. The molecule has 0 aliphatic heterocycles. The molecule has 0 aliphatic rings. The van der Waals surface area contributed by atoms with Crippen molar-refractivity contribution in [2.45, 2.75) is 17.0 Å². The van der Waals surface area contributed by atoms with Crippen molar-refractivity contribution >= 4 is 33.4 Å². The highest BCUT2D eigenvalue weighted by Gasteiger charge is 2.14. The minimum Gasteiger partial charge on any atom is -0.494 e. The standard InChI is InChI=1S/C20H23N5O5S2/c1-2-29-16-5-3-15(4-6-16)25-32(27,28)18-9-7-17(8-10-18)30-13-19(26)21-11-12-31-20-22-14-23-24-20/h3-10,14,25H,2,11-13H2,1H3,(H,21,26)(H,22,23,24). The fraction of sp³-hybridized carbons (Fsp3) is 0.250. The minimum atomic E-state index is -3.76. The molecule has 0 bridgehead atoms. The van der Waals surface area contributed by atoms with E-state index >= 15 is 0 Å². The highest BCUT2D eigenvalue weighted by molar-refractivity contribution is 7.99. The Balaban J connectivity index is 1.44. The van der Waals surface area contributed by atoms with Crippen molar-refractivity contribution in [3.05, 3.63) is 54.9 Å². The zero-order chi connectivity index (χ0) is 22.8. The number of hydrogen-bond acceptors (Lipinski definition) is 8. The molecule has 0 radical (unpaired) electrons. The van der Waals surface area contributed by atoms with Crippen LogP contribution in [0.25, 0.3) is 0 Å². The van der Waals surface area contributed by atoms with Crippen LogP contribution in [0.1, 0.15) is 6.92 Å². The number of ether oxygens (including phenoxy) is 2. The molecule has 170 valence electrons. The largest absolute Gasteiger partial charge is 0.494 e. The highest BCUT2D eigenvalue weighted by Crippen LogP contribution is 2.21. The second-order valence-electron chi connectivity index (χ2n) is 6.31. The predicted molar refractivity (Wildman–Crippen MR) is 120 cm³/mol. The van der Waals surface area contributed by atoms with Crippen LogP contribution in [0.4, 0.5) is 5.69 Å². The summed E-state index contributed by atoms with van der Waals surface area (Å²) in [6.07, 6.45) is 1.42. The average molecular weight is 478 g/mol. The van der Waals surface area contributed by atoms with Crippen LogP contribution < -0.4 is 19.5 Å². The summed E-state index contributed by atoms with van der Waals surface area (Å²) in [6.45, 7) is 2.67. The molecule has 1 heterocycles. The van der Waals surface area contributed by atoms with Gasteiger partial charge in [0.25, 0.3) is 15.9 Å². The van der Waals surface area contributed by atoms with Crippen molar-refractivity contribution in [2.24, 2.45) is 0 Å². The quantitative estimate of drug-likeness (QED) is 0.267. The van der Waals surface area contributed by atoms with E-state index < -0.39 is 10.0 Å². The van der Waals surface area contributed by atoms with Gasteiger partial charge >= 0.3 is 0 Å². The van der Waals surface area contributed by atoms with Crippen molar-refractivity contribution in [3.8, 4) is 11.5 Å². The number of H-pyrrole nitrogens is 1. The first-order valence-corrected chi connectivity index (χ1v) is 12.2. The molecule has 1 amide bonds. The number of aromatic amines is 1. The van der Waals surface area contributed by atoms with Crippen LogP contribution in [0.15, 0.2) is 64.9 Å². The normalized spacial score (nSPS) is 11.0. The van der Waals surface area contributed by atoms with Gasteiger partial charge in [0.15, 0.2) is 11.8 Å². The molecule has 3 N–H and O–H groups in total. The smallest absolute Gasteiger partial charge is 0.261 e. The van der Waals surface area contributed by atoms with E-state index in [1.54, 1.807) is 24.3 Å². The lowest BCUT2D eigenvalue weighted by atomic mass is 10.3. The topological polar surface area (TPSA) is 135 Å². The monoisotopic (exact) mass is 477 g/mol. The number of rotatable bonds is 12. The SMILES string of the molecule is CCOc1ccc(NS(=O)(=O)c2ccc(OCC(=O)NCCSc3ncn[nH]3)cc2)cc1. The molecular weight excluding hydrogens is 454 g/mol. The zero-order valence-corrected chi connectivity index (χ0v) is 18.9. The molecule has 0 saturated carbocycles. The van der Waals surface area contributed by atoms with Crippen LogP contribution in [0, 0.1) is 0 Å². The van der Waals surface area contributed by atoms with Crippen molar-refractivity contribution in [1.82, 2.24) is 20.5 Å². The van der Waals surface area contributed by atoms with Gasteiger partial charge in [-0.2, -0.15) is 5.10 Å². The lowest BCUT2D eigenvalue weighted by Gasteiger charge is -2.10. The number of amides is 1. The van der Waals surface area contributed by atoms with Gasteiger partial charge in [-0.3, -0.25) is 14.6 Å². The zero-order valence-electron chi connectivity index (χ0n) is 17.3. The fourth-order valence-electron chi connectivity index (χ4n) is 2.52. The molecular formula is C20H23N5O5S2. The van der Waals surface area contributed by atoms with Crippen LogP contribution in [0.2, 0.25) is 0 Å². The number of anilines is 1. The van der Waals surface area contributed by atoms with E-state index in [4.69, 9.17) is 9.47 Å². The molecule has 0 unspecified atom stereocenters. The van der Waals surface area contributed by atoms with Crippen LogP contribution in [0.3, 0.4) is 0 Å². The van der Waals surface area contributed by atoms with E-state index in [9.17, 15) is 13.2 Å². The summed E-state index contributed by atoms with van der Waals surface area (Å²) in [5.41, 5.74) is 0.423. The summed E-state index contributed by atoms with van der Waals surface area (Å²) in [7, 11) is -3.76. The third-order valence-electron chi connectivity index (χ3n) is 3.98. The number of sulfonamides is 1. The Kier molecular flexibility index (Phi) is 8.34. The van der Waals surface area contributed by atoms with Crippen LogP contribution in [-0.4, -0.2) is 55.0 Å². The number of nitrogens with one attached hydrogen (secondary N) is 3. The summed E-state index contributed by atoms with van der Waals surface area (Å²) in [5.74, 6) is 1.40. The first kappa shape index (κ1) is 23.4. The minimum absolute atomic E-state index is 0.0765. The molecule has 0 fully saturated rings. The molecule has 0 atom stereocenters. The Morgan fingerprint density at radius 1 is 1.06 bits per heavy atom. The summed E-state index contributed by atoms with van der Waals surface area (Å²) in [5, 5.41) is 9.87. The number of aromatic nitrogens is 3. The van der Waals surface area contributed by atoms with Crippen LogP contribution in [-0.2, 0) is 14.8 Å². The number of benzene rings is 2. The van der Waals surface area contributed by atoms with Gasteiger partial charge in [-0.15, -0.1) is 0 Å². The first-order valence-electron chi connectivity index (χ1n) is 9.69. The molecule has 12 heteroatoms. The number of hydrogen-bond donors (Lipinski definition) is 3. The van der Waals surface area contributed by atoms with E-state index in [1.807, 2.05) is 6.92 Å². The maximum atomic E-state index is 12.6. The van der Waals surface area contributed by atoms with Gasteiger partial charge in [-0.25, -0.2) is 13.4 Å². The van der Waals surface area contributed by atoms with Gasteiger partial charge in [0.2, 0.25) is 0 Å². The lowest BCUT2D eigenvalue weighted by Crippen LogP contribution is -2.30. The number of carbonyl (C=O) groups excluding carboxylic acids is 1. The van der Waals surface area contributed by atoms with Crippen molar-refractivity contribution in [3.63, 3.8) is 0 Å². The molecule has 0 spiro atoms. The van der Waals surface area contributed by atoms with E-state index in [0.29, 0.717) is 41.2 Å². The van der Waals surface area contributed by atoms with Gasteiger partial charge < -0.3 is 14.8 Å². The summed E-state index contributed by atoms with van der Waals surface area (Å²) < 4.78 is 38.4. The second-order valence-corrected chi connectivity index (χ2v) is 9.08. The van der Waals surface area contributed by atoms with E-state index in [-0.39, 0.29) is 17.4 Å². The Hall–Kier alpha value is -3.25. The first-order chi connectivity index (χ1) is 15.5. The van der Waals surface area contributed by atoms with Gasteiger partial charge in [0.05, 0.1) is 11.5 Å². The maximum absolute atomic E-state index is 12.6. The molecule has 0 saturated heterocycles. The summed E-state index contributed by atoms with van der Waals surface area (Å²) in [6, 6.07) is 12.5. The lowest BCUT2D eigenvalue weighted by molar-refractivity contribution is -0.122. The van der Waals surface area contributed by atoms with E-state index in [2.05, 4.69) is 25.2 Å². The Bertz CT molecular complexity index is 1090. The fourth-order valence-corrected chi connectivity index (χ4v) is 4.21. The second kappa shape index (κ2) is 11.4. The van der Waals surface area contributed by atoms with Crippen molar-refractivity contribution in [2.75, 3.05) is 30.2 Å². The van der Waals surface area contributed by atoms with E-state index in [1.165, 1.54) is 42.4 Å². The molecule has 1 aromatic heterocycles. The van der Waals surface area contributed by atoms with Gasteiger partial charge in [0, 0.05) is 18.0 Å². The van der Waals surface area contributed by atoms with Crippen LogP contribution in [0.5, 0.6) is 11.5 Å². The number of thioether (sulfide) groups is 1. The van der Waals surface area contributed by atoms with Crippen molar-refractivity contribution < 1.29 is 22.7 Å². The van der Waals surface area contributed by atoms with Gasteiger partial charge in [-0.1, -0.05) is 11.8 Å². The molecule has 2 aromatic carbocycles. The highest BCUT2D eigenvalue weighted by atomic mass is 32.2. The third kappa shape index (κ3) is 7.17. The van der Waals surface area contributed by atoms with Gasteiger partial charge in [-0.05, 0) is 55.5 Å². The maximum Gasteiger partial charge on any atom is 0.261 e. The molecule has 3 rings (SSSR count). The Morgan fingerprint density at radius 3 is 2.41 bits per heavy atom. The number of nitrogens with zero attached hydrogens (tertiary/aromatic N) is 2. The summed E-state index contributed by atoms with van der Waals surface area (Å²) >= 11 is 1.44. The molecule has 0 aliphatic carbocycles. The third-order valence-corrected chi connectivity index (χ3v) is 6.25. The van der Waals surface area contributed by atoms with Crippen molar-refractivity contribution in [1.29, 1.82) is 0 Å². The Labute approximate surface area is 190 Å². The Morgan fingerprint density at radius 2 is 1.75 bits per heavy atom. The van der Waals surface area contributed by atoms with E-state index in [0.717, 1.165) is 0 Å². The number of carbonyl (C=O) groups is 1. The summed E-state index contributed by atoms with van der Waals surface area (Å²) in [4.78, 5) is 15.9. The molecule has 32 heavy (non-hydrogen) atoms. The molecule has 10 nitrogen and oxygen atoms in total. The van der Waals surface area contributed by atoms with Crippen LogP contribution >= 0.6 is 11.8 Å². The molecule has 3 aromatic rings. The average Bonchev–Trinajstić information content (AvgIpc) is 3.31. The van der Waals surface area contributed by atoms with Gasteiger partial charge in [0.1, 0.15) is 17.8 Å².